The van der Waals surface area contributed by atoms with Gasteiger partial charge in [-0.05, 0) is 61.3 Å². The van der Waals surface area contributed by atoms with Crippen LogP contribution < -0.4 is 5.73 Å². The molecular weight excluding hydrogens is 456 g/mol. The van der Waals surface area contributed by atoms with E-state index in [4.69, 9.17) is 10.5 Å². The average Bonchev–Trinajstić information content (AvgIpc) is 3.21. The third kappa shape index (κ3) is 4.73. The molecule has 34 heavy (non-hydrogen) atoms. The molecule has 0 saturated carbocycles. The minimum Gasteiger partial charge on any atom is -0.480 e. The summed E-state index contributed by atoms with van der Waals surface area (Å²) >= 11 is 0. The molecule has 182 valence electrons. The summed E-state index contributed by atoms with van der Waals surface area (Å²) in [6.45, 7) is 3.49. The zero-order chi connectivity index (χ0) is 23.7. The van der Waals surface area contributed by atoms with Gasteiger partial charge in [0.1, 0.15) is 12.1 Å². The molecule has 2 aromatic carbocycles. The summed E-state index contributed by atoms with van der Waals surface area (Å²) in [4.78, 5) is 40.9. The van der Waals surface area contributed by atoms with E-state index in [0.717, 1.165) is 16.7 Å². The number of benzene rings is 2. The standard InChI is InChI=1S/C26H30N2O5.ClH/c1-3-33-26(32)22(19-12-16-8-4-5-9-17(16)13-19)28-21(25(30)31)14-18-10-6-7-11-20(18)23(28)24(29)15(2)27;/h4-11,15,19,21-23H,3,12-14,27H2,1-2H3,(H,30,31);1H. The molecule has 1 aliphatic carbocycles. The maximum absolute atomic E-state index is 13.4. The van der Waals surface area contributed by atoms with E-state index in [1.165, 1.54) is 0 Å². The normalized spacial score (nSPS) is 21.5. The van der Waals surface area contributed by atoms with Crippen molar-refractivity contribution in [3.8, 4) is 0 Å². The number of carbonyl (C=O) groups excluding carboxylic acids is 2. The van der Waals surface area contributed by atoms with Crippen molar-refractivity contribution in [2.75, 3.05) is 6.61 Å². The van der Waals surface area contributed by atoms with Crippen LogP contribution in [0.1, 0.15) is 42.1 Å². The summed E-state index contributed by atoms with van der Waals surface area (Å²) in [6.07, 6.45) is 1.43. The Hall–Kier alpha value is -2.74. The smallest absolute Gasteiger partial charge is 0.323 e. The van der Waals surface area contributed by atoms with Crippen molar-refractivity contribution in [2.45, 2.75) is 57.3 Å². The lowest BCUT2D eigenvalue weighted by Crippen LogP contribution is -2.61. The maximum atomic E-state index is 13.4. The molecule has 0 saturated heterocycles. The quantitative estimate of drug-likeness (QED) is 0.579. The number of hydrogen-bond acceptors (Lipinski definition) is 6. The number of ether oxygens (including phenoxy) is 1. The van der Waals surface area contributed by atoms with Gasteiger partial charge in [-0.25, -0.2) is 0 Å². The number of aliphatic carboxylic acids is 1. The van der Waals surface area contributed by atoms with E-state index in [2.05, 4.69) is 0 Å². The molecule has 4 rings (SSSR count). The highest BCUT2D eigenvalue weighted by atomic mass is 35.5. The molecule has 4 unspecified atom stereocenters. The highest BCUT2D eigenvalue weighted by Crippen LogP contribution is 2.41. The zero-order valence-corrected chi connectivity index (χ0v) is 20.2. The summed E-state index contributed by atoms with van der Waals surface area (Å²) in [5.74, 6) is -2.09. The van der Waals surface area contributed by atoms with Gasteiger partial charge in [0.2, 0.25) is 0 Å². The van der Waals surface area contributed by atoms with Crippen molar-refractivity contribution in [3.05, 3.63) is 70.8 Å². The van der Waals surface area contributed by atoms with Crippen molar-refractivity contribution in [1.29, 1.82) is 0 Å². The highest BCUT2D eigenvalue weighted by Gasteiger charge is 2.51. The van der Waals surface area contributed by atoms with E-state index in [9.17, 15) is 19.5 Å². The molecular formula is C26H31ClN2O5. The monoisotopic (exact) mass is 486 g/mol. The number of nitrogens with zero attached hydrogens (tertiary/aromatic N) is 1. The number of rotatable bonds is 7. The third-order valence-corrected chi connectivity index (χ3v) is 6.80. The SMILES string of the molecule is CCOC(=O)C(C1Cc2ccccc2C1)N1C(C(=O)O)Cc2ccccc2C1C(=O)C(C)N.Cl. The number of Topliss-reactive ketones (excluding diaryl/α,β-unsaturated/α-hetero) is 1. The van der Waals surface area contributed by atoms with Crippen LogP contribution in [0.4, 0.5) is 0 Å². The van der Waals surface area contributed by atoms with Gasteiger partial charge in [-0.1, -0.05) is 48.5 Å². The Balaban J connectivity index is 0.00000324. The Morgan fingerprint density at radius 2 is 1.59 bits per heavy atom. The van der Waals surface area contributed by atoms with Gasteiger partial charge in [-0.15, -0.1) is 12.4 Å². The van der Waals surface area contributed by atoms with Crippen LogP contribution in [0.15, 0.2) is 48.5 Å². The first kappa shape index (κ1) is 25.9. The van der Waals surface area contributed by atoms with Crippen LogP contribution in [0.2, 0.25) is 0 Å². The molecule has 8 heteroatoms. The van der Waals surface area contributed by atoms with Crippen LogP contribution in [0.5, 0.6) is 0 Å². The van der Waals surface area contributed by atoms with Gasteiger partial charge in [0.25, 0.3) is 0 Å². The Kier molecular flexibility index (Phi) is 8.13. The summed E-state index contributed by atoms with van der Waals surface area (Å²) in [5.41, 5.74) is 9.80. The summed E-state index contributed by atoms with van der Waals surface area (Å²) in [6, 6.07) is 11.6. The number of hydrogen-bond donors (Lipinski definition) is 2. The van der Waals surface area contributed by atoms with Gasteiger partial charge in [-0.2, -0.15) is 0 Å². The van der Waals surface area contributed by atoms with E-state index < -0.39 is 36.1 Å². The lowest BCUT2D eigenvalue weighted by Gasteiger charge is -2.46. The number of carboxylic acid groups (broad SMARTS) is 1. The predicted octanol–water partition coefficient (Wildman–Crippen LogP) is 2.72. The molecule has 1 aliphatic heterocycles. The molecule has 0 bridgehead atoms. The van der Waals surface area contributed by atoms with Gasteiger partial charge in [0.05, 0.1) is 18.7 Å². The highest BCUT2D eigenvalue weighted by molar-refractivity contribution is 5.92. The molecule has 0 radical (unpaired) electrons. The van der Waals surface area contributed by atoms with Gasteiger partial charge in [-0.3, -0.25) is 19.3 Å². The molecule has 0 spiro atoms. The van der Waals surface area contributed by atoms with Crippen molar-refractivity contribution in [2.24, 2.45) is 11.7 Å². The fourth-order valence-electron chi connectivity index (χ4n) is 5.36. The molecule has 2 aliphatic rings. The molecule has 3 N–H and O–H groups in total. The van der Waals surface area contributed by atoms with Crippen LogP contribution in [0.25, 0.3) is 0 Å². The summed E-state index contributed by atoms with van der Waals surface area (Å²) < 4.78 is 5.46. The van der Waals surface area contributed by atoms with Crippen molar-refractivity contribution in [3.63, 3.8) is 0 Å². The second kappa shape index (κ2) is 10.7. The number of ketones is 1. The van der Waals surface area contributed by atoms with E-state index in [0.29, 0.717) is 18.4 Å². The first-order chi connectivity index (χ1) is 15.8. The minimum absolute atomic E-state index is 0. The first-order valence-electron chi connectivity index (χ1n) is 11.4. The van der Waals surface area contributed by atoms with Crippen molar-refractivity contribution < 1.29 is 24.2 Å². The van der Waals surface area contributed by atoms with Crippen molar-refractivity contribution >= 4 is 30.1 Å². The topological polar surface area (TPSA) is 110 Å². The van der Waals surface area contributed by atoms with E-state index >= 15 is 0 Å². The van der Waals surface area contributed by atoms with E-state index in [1.807, 2.05) is 48.5 Å². The lowest BCUT2D eigenvalue weighted by atomic mass is 9.81. The summed E-state index contributed by atoms with van der Waals surface area (Å²) in [5, 5.41) is 10.2. The second-order valence-electron chi connectivity index (χ2n) is 8.93. The van der Waals surface area contributed by atoms with Gasteiger partial charge >= 0.3 is 11.9 Å². The Labute approximate surface area is 205 Å². The van der Waals surface area contributed by atoms with Crippen LogP contribution >= 0.6 is 12.4 Å². The van der Waals surface area contributed by atoms with Crippen LogP contribution in [0, 0.1) is 5.92 Å². The largest absolute Gasteiger partial charge is 0.480 e. The van der Waals surface area contributed by atoms with Crippen molar-refractivity contribution in [1.82, 2.24) is 4.90 Å². The number of fused-ring (bicyclic) bond motifs is 2. The Morgan fingerprint density at radius 3 is 2.12 bits per heavy atom. The Morgan fingerprint density at radius 1 is 1.03 bits per heavy atom. The maximum Gasteiger partial charge on any atom is 0.323 e. The number of esters is 1. The Bertz CT molecular complexity index is 1050. The first-order valence-corrected chi connectivity index (χ1v) is 11.4. The fraction of sp³-hybridized carbons (Fsp3) is 0.423. The van der Waals surface area contributed by atoms with Crippen LogP contribution in [0.3, 0.4) is 0 Å². The second-order valence-corrected chi connectivity index (χ2v) is 8.93. The third-order valence-electron chi connectivity index (χ3n) is 6.80. The summed E-state index contributed by atoms with van der Waals surface area (Å²) in [7, 11) is 0. The minimum atomic E-state index is -1.07. The number of nitrogens with two attached hydrogens (primary N) is 1. The average molecular weight is 487 g/mol. The predicted molar refractivity (Wildman–Crippen MR) is 130 cm³/mol. The number of halogens is 1. The number of carboxylic acids is 1. The van der Waals surface area contributed by atoms with Gasteiger partial charge < -0.3 is 15.6 Å². The molecule has 4 atom stereocenters. The van der Waals surface area contributed by atoms with E-state index in [-0.39, 0.29) is 37.1 Å². The molecule has 2 aromatic rings. The van der Waals surface area contributed by atoms with Crippen LogP contribution in [-0.2, 0) is 38.4 Å². The zero-order valence-electron chi connectivity index (χ0n) is 19.3. The fourth-order valence-corrected chi connectivity index (χ4v) is 5.36. The van der Waals surface area contributed by atoms with Gasteiger partial charge in [0.15, 0.2) is 5.78 Å². The number of carbonyl (C=O) groups is 3. The molecule has 1 heterocycles. The van der Waals surface area contributed by atoms with E-state index in [1.54, 1.807) is 18.7 Å². The molecule has 0 fully saturated rings. The molecule has 0 amide bonds. The van der Waals surface area contributed by atoms with Gasteiger partial charge in [0, 0.05) is 0 Å². The lowest BCUT2D eigenvalue weighted by molar-refractivity contribution is -0.161. The molecule has 0 aromatic heterocycles. The van der Waals surface area contributed by atoms with Crippen LogP contribution in [-0.4, -0.2) is 52.5 Å². The molecule has 7 nitrogen and oxygen atoms in total.